The van der Waals surface area contributed by atoms with Crippen molar-refractivity contribution in [1.82, 2.24) is 6.15 Å². The Labute approximate surface area is 188 Å². The molecule has 0 bridgehead atoms. The summed E-state index contributed by atoms with van der Waals surface area (Å²) in [5, 5.41) is 0. The Kier molecular flexibility index (Phi) is 31.3. The molecule has 0 radical (unpaired) electrons. The van der Waals surface area contributed by atoms with Gasteiger partial charge in [0, 0.05) is 12.8 Å². The van der Waals surface area contributed by atoms with Crippen LogP contribution < -0.4 is 6.15 Å². The molecule has 0 saturated carbocycles. The zero-order chi connectivity index (χ0) is 20.0. The summed E-state index contributed by atoms with van der Waals surface area (Å²) in [6, 6.07) is 0. The van der Waals surface area contributed by atoms with Crippen LogP contribution in [-0.2, 0) is 14.3 Å². The topological polar surface area (TPSA) is 78.4 Å². The lowest BCUT2D eigenvalue weighted by Gasteiger charge is -2.04. The number of unbranched alkanes of at least 4 members (excludes halogenated alkanes) is 16. The molecule has 3 N–H and O–H groups in total. The maximum Gasteiger partial charge on any atom is 0.313 e. The summed E-state index contributed by atoms with van der Waals surface area (Å²) in [5.74, 6) is -0.669. The maximum atomic E-state index is 11.7. The summed E-state index contributed by atoms with van der Waals surface area (Å²) < 4.78 is 4.92. The number of hydrogen-bond acceptors (Lipinski definition) is 4. The Morgan fingerprint density at radius 2 is 0.724 bits per heavy atom. The molecule has 0 aliphatic heterocycles. The van der Waals surface area contributed by atoms with Crippen LogP contribution in [0.15, 0.2) is 0 Å². The summed E-state index contributed by atoms with van der Waals surface area (Å²) in [7, 11) is 0. The second-order valence-electron chi connectivity index (χ2n) is 8.00. The van der Waals surface area contributed by atoms with Crippen molar-refractivity contribution in [1.29, 1.82) is 0 Å². The van der Waals surface area contributed by atoms with Crippen molar-refractivity contribution in [3.8, 4) is 0 Å². The lowest BCUT2D eigenvalue weighted by Crippen LogP contribution is -2.11. The van der Waals surface area contributed by atoms with Crippen LogP contribution in [0.1, 0.15) is 142 Å². The molecule has 0 aliphatic rings. The van der Waals surface area contributed by atoms with Crippen molar-refractivity contribution < 1.29 is 14.3 Å². The minimum absolute atomic E-state index is 0. The molecule has 0 aliphatic carbocycles. The largest absolute Gasteiger partial charge is 0.393 e. The monoisotopic (exact) mass is 433 g/mol. The van der Waals surface area contributed by atoms with Crippen LogP contribution in [0.4, 0.5) is 0 Å². The maximum absolute atomic E-state index is 11.7. The van der Waals surface area contributed by atoms with Gasteiger partial charge >= 0.3 is 11.9 Å². The van der Waals surface area contributed by atoms with E-state index in [9.17, 15) is 9.59 Å². The Morgan fingerprint density at radius 1 is 0.483 bits per heavy atom. The van der Waals surface area contributed by atoms with Gasteiger partial charge in [0.15, 0.2) is 0 Å². The minimum atomic E-state index is -0.334. The van der Waals surface area contributed by atoms with Crippen molar-refractivity contribution >= 4 is 25.4 Å². The zero-order valence-corrected chi connectivity index (χ0v) is 20.6. The molecule has 0 aromatic carbocycles. The Bertz CT molecular complexity index is 319. The number of ether oxygens (including phenoxy) is 1. The van der Waals surface area contributed by atoms with Crippen LogP contribution in [0, 0.1) is 0 Å². The molecule has 0 saturated heterocycles. The highest BCUT2D eigenvalue weighted by atomic mass is 32.1. The predicted octanol–water partition coefficient (Wildman–Crippen LogP) is 8.17. The van der Waals surface area contributed by atoms with E-state index >= 15 is 0 Å². The molecule has 0 aromatic rings. The van der Waals surface area contributed by atoms with E-state index in [-0.39, 0.29) is 31.6 Å². The number of esters is 2. The van der Waals surface area contributed by atoms with Crippen LogP contribution in [0.3, 0.4) is 0 Å². The van der Waals surface area contributed by atoms with Crippen LogP contribution >= 0.6 is 13.5 Å². The van der Waals surface area contributed by atoms with E-state index in [4.69, 9.17) is 4.74 Å². The van der Waals surface area contributed by atoms with Crippen LogP contribution in [0.5, 0.6) is 0 Å². The van der Waals surface area contributed by atoms with Crippen molar-refractivity contribution in [3.63, 3.8) is 0 Å². The van der Waals surface area contributed by atoms with Gasteiger partial charge in [-0.25, -0.2) is 0 Å². The fourth-order valence-electron chi connectivity index (χ4n) is 3.39. The molecule has 4 nitrogen and oxygen atoms in total. The van der Waals surface area contributed by atoms with E-state index in [0.29, 0.717) is 12.8 Å². The average Bonchev–Trinajstić information content (AvgIpc) is 2.65. The van der Waals surface area contributed by atoms with Gasteiger partial charge in [-0.2, -0.15) is 13.5 Å². The van der Waals surface area contributed by atoms with Gasteiger partial charge in [0.2, 0.25) is 0 Å². The molecule has 0 rings (SSSR count). The zero-order valence-electron chi connectivity index (χ0n) is 19.6. The van der Waals surface area contributed by atoms with Crippen molar-refractivity contribution in [3.05, 3.63) is 0 Å². The molecule has 176 valence electrons. The Morgan fingerprint density at radius 3 is 1.00 bits per heavy atom. The van der Waals surface area contributed by atoms with Crippen molar-refractivity contribution in [2.24, 2.45) is 0 Å². The van der Waals surface area contributed by atoms with Crippen LogP contribution in [0.2, 0.25) is 0 Å². The molecule has 0 spiro atoms. The Hall–Kier alpha value is -0.550. The van der Waals surface area contributed by atoms with Gasteiger partial charge in [-0.3, -0.25) is 9.59 Å². The van der Waals surface area contributed by atoms with Crippen molar-refractivity contribution in [2.75, 3.05) is 0 Å². The lowest BCUT2D eigenvalue weighted by atomic mass is 10.1. The molecule has 0 atom stereocenters. The first-order valence-corrected chi connectivity index (χ1v) is 11.9. The first kappa shape index (κ1) is 33.1. The summed E-state index contributed by atoms with van der Waals surface area (Å²) in [6.45, 7) is 4.47. The van der Waals surface area contributed by atoms with E-state index in [1.54, 1.807) is 0 Å². The third-order valence-corrected chi connectivity index (χ3v) is 5.20. The highest BCUT2D eigenvalue weighted by molar-refractivity contribution is 7.59. The molecule has 0 aromatic heterocycles. The molecule has 0 heterocycles. The van der Waals surface area contributed by atoms with Crippen molar-refractivity contribution in [2.45, 2.75) is 142 Å². The highest BCUT2D eigenvalue weighted by Gasteiger charge is 2.09. The quantitative estimate of drug-likeness (QED) is 0.119. The van der Waals surface area contributed by atoms with E-state index in [2.05, 4.69) is 13.8 Å². The normalized spacial score (nSPS) is 10.1. The van der Waals surface area contributed by atoms with Gasteiger partial charge in [-0.05, 0) is 12.8 Å². The number of carbonyl (C=O) groups excluding carboxylic acids is 2. The standard InChI is InChI=1S/C24H46O3.H3N.H2S/c1-3-5-7-9-11-13-15-17-19-21-23(25)27-24(26)22-20-18-16-14-12-10-8-6-4-2;;/h3-22H2,1-2H3;1H3;1H2. The third-order valence-electron chi connectivity index (χ3n) is 5.20. The first-order chi connectivity index (χ1) is 13.2. The predicted molar refractivity (Wildman–Crippen MR) is 130 cm³/mol. The first-order valence-electron chi connectivity index (χ1n) is 11.9. The molecule has 0 fully saturated rings. The summed E-state index contributed by atoms with van der Waals surface area (Å²) in [4.78, 5) is 23.4. The second kappa shape index (κ2) is 27.5. The lowest BCUT2D eigenvalue weighted by molar-refractivity contribution is -0.159. The molecular formula is C24H51NO3S. The number of rotatable bonds is 20. The Balaban J connectivity index is -0.00000338. The summed E-state index contributed by atoms with van der Waals surface area (Å²) in [5.41, 5.74) is 0. The second-order valence-corrected chi connectivity index (χ2v) is 8.00. The molecular weight excluding hydrogens is 382 g/mol. The fraction of sp³-hybridized carbons (Fsp3) is 0.917. The van der Waals surface area contributed by atoms with Gasteiger partial charge < -0.3 is 10.9 Å². The fourth-order valence-corrected chi connectivity index (χ4v) is 3.39. The van der Waals surface area contributed by atoms with Gasteiger partial charge in [0.25, 0.3) is 0 Å². The van der Waals surface area contributed by atoms with Crippen LogP contribution in [0.25, 0.3) is 0 Å². The molecule has 5 heteroatoms. The van der Waals surface area contributed by atoms with Gasteiger partial charge in [0.05, 0.1) is 0 Å². The highest BCUT2D eigenvalue weighted by Crippen LogP contribution is 2.12. The molecule has 0 unspecified atom stereocenters. The van der Waals surface area contributed by atoms with Gasteiger partial charge in [-0.1, -0.05) is 117 Å². The van der Waals surface area contributed by atoms with E-state index < -0.39 is 0 Å². The smallest absolute Gasteiger partial charge is 0.313 e. The van der Waals surface area contributed by atoms with Gasteiger partial charge in [-0.15, -0.1) is 0 Å². The van der Waals surface area contributed by atoms with E-state index in [0.717, 1.165) is 25.7 Å². The summed E-state index contributed by atoms with van der Waals surface area (Å²) in [6.07, 6.45) is 22.8. The summed E-state index contributed by atoms with van der Waals surface area (Å²) >= 11 is 0. The van der Waals surface area contributed by atoms with E-state index in [1.165, 1.54) is 89.9 Å². The van der Waals surface area contributed by atoms with Crippen LogP contribution in [-0.4, -0.2) is 11.9 Å². The molecule has 0 amide bonds. The average molecular weight is 434 g/mol. The van der Waals surface area contributed by atoms with Gasteiger partial charge in [0.1, 0.15) is 0 Å². The number of hydrogen-bond donors (Lipinski definition) is 1. The molecule has 29 heavy (non-hydrogen) atoms. The van der Waals surface area contributed by atoms with E-state index in [1.807, 2.05) is 0 Å². The SMILES string of the molecule is CCCCCCCCCCCC(=O)OC(=O)CCCCCCCCCCC.N.S. The third kappa shape index (κ3) is 27.4. The number of carbonyl (C=O) groups is 2. The minimum Gasteiger partial charge on any atom is -0.393 e.